The number of nitrogens with zero attached hydrogens (tertiary/aromatic N) is 1. The number of amides is 1. The molecule has 0 fully saturated rings. The van der Waals surface area contributed by atoms with Crippen LogP contribution in [0, 0.1) is 0 Å². The molecule has 1 aliphatic rings. The molecule has 0 heterocycles. The number of allylic oxidation sites excluding steroid dienone is 3. The Morgan fingerprint density at radius 1 is 1.14 bits per heavy atom. The molecule has 1 aliphatic carbocycles. The van der Waals surface area contributed by atoms with E-state index in [2.05, 4.69) is 10.2 Å². The zero-order chi connectivity index (χ0) is 19.9. The van der Waals surface area contributed by atoms with Gasteiger partial charge in [0.25, 0.3) is 5.91 Å². The maximum atomic E-state index is 12.6. The minimum absolute atomic E-state index is 0. The molecule has 0 radical (unpaired) electrons. The maximum Gasteiger partial charge on any atom is 0.292 e. The molecule has 2 rings (SSSR count). The number of alkyl halides is 1. The van der Waals surface area contributed by atoms with Gasteiger partial charge in [0.2, 0.25) is 5.78 Å². The highest BCUT2D eigenvalue weighted by atomic mass is 35.5. The van der Waals surface area contributed by atoms with E-state index >= 15 is 0 Å². The second-order valence-electron chi connectivity index (χ2n) is 6.37. The monoisotopic (exact) mass is 424 g/mol. The Kier molecular flexibility index (Phi) is 9.59. The first-order valence-electron chi connectivity index (χ1n) is 9.14. The van der Waals surface area contributed by atoms with Gasteiger partial charge in [0, 0.05) is 24.2 Å². The van der Waals surface area contributed by atoms with Gasteiger partial charge in [0.15, 0.2) is 5.78 Å². The molecule has 28 heavy (non-hydrogen) atoms. The van der Waals surface area contributed by atoms with Gasteiger partial charge < -0.3 is 10.2 Å². The summed E-state index contributed by atoms with van der Waals surface area (Å²) in [6.07, 6.45) is 4.68. The largest absolute Gasteiger partial charge is 0.348 e. The van der Waals surface area contributed by atoms with E-state index < -0.39 is 16.6 Å². The lowest BCUT2D eigenvalue weighted by Gasteiger charge is -2.24. The minimum Gasteiger partial charge on any atom is -0.348 e. The van der Waals surface area contributed by atoms with Crippen LogP contribution in [-0.2, 0) is 9.59 Å². The van der Waals surface area contributed by atoms with Crippen LogP contribution >= 0.6 is 24.0 Å². The number of ketones is 2. The number of nitrogens with one attached hydrogen (secondary N) is 1. The first-order chi connectivity index (χ1) is 12.9. The summed E-state index contributed by atoms with van der Waals surface area (Å²) in [5, 5.41) is 2.64. The zero-order valence-corrected chi connectivity index (χ0v) is 17.7. The van der Waals surface area contributed by atoms with Gasteiger partial charge in [-0.1, -0.05) is 62.4 Å². The lowest BCUT2D eigenvalue weighted by atomic mass is 9.87. The van der Waals surface area contributed by atoms with Gasteiger partial charge in [-0.3, -0.25) is 14.4 Å². The summed E-state index contributed by atoms with van der Waals surface area (Å²) in [5.74, 6) is -1.49. The number of hydrogen-bond donors (Lipinski definition) is 1. The van der Waals surface area contributed by atoms with E-state index in [-0.39, 0.29) is 30.2 Å². The molecule has 0 aromatic heterocycles. The molecule has 1 unspecified atom stereocenters. The first-order valence-corrected chi connectivity index (χ1v) is 9.52. The predicted molar refractivity (Wildman–Crippen MR) is 114 cm³/mol. The number of carbonyl (C=O) groups is 3. The van der Waals surface area contributed by atoms with Crippen molar-refractivity contribution in [2.75, 3.05) is 26.2 Å². The van der Waals surface area contributed by atoms with E-state index in [0.717, 1.165) is 13.1 Å². The lowest BCUT2D eigenvalue weighted by Crippen LogP contribution is -2.39. The fourth-order valence-electron chi connectivity index (χ4n) is 2.86. The van der Waals surface area contributed by atoms with E-state index in [0.29, 0.717) is 18.7 Å². The van der Waals surface area contributed by atoms with Crippen LogP contribution in [0.25, 0.3) is 0 Å². The van der Waals surface area contributed by atoms with Crippen molar-refractivity contribution in [1.29, 1.82) is 0 Å². The number of hydrogen-bond acceptors (Lipinski definition) is 4. The Balaban J connectivity index is 0.00000392. The fraction of sp³-hybridized carbons (Fsp3) is 0.381. The zero-order valence-electron chi connectivity index (χ0n) is 16.1. The predicted octanol–water partition coefficient (Wildman–Crippen LogP) is 3.18. The average Bonchev–Trinajstić information content (AvgIpc) is 2.71. The molecule has 1 atom stereocenters. The summed E-state index contributed by atoms with van der Waals surface area (Å²) in [6, 6.07) is 8.77. The van der Waals surface area contributed by atoms with Crippen molar-refractivity contribution in [2.24, 2.45) is 0 Å². The Labute approximate surface area is 177 Å². The third-order valence-electron chi connectivity index (χ3n) is 4.64. The van der Waals surface area contributed by atoms with E-state index in [4.69, 9.17) is 11.6 Å². The van der Waals surface area contributed by atoms with Crippen LogP contribution in [-0.4, -0.2) is 53.4 Å². The van der Waals surface area contributed by atoms with Crippen LogP contribution in [0.15, 0.2) is 54.1 Å². The van der Waals surface area contributed by atoms with E-state index in [1.807, 2.05) is 19.9 Å². The number of carbonyl (C=O) groups excluding carboxylic acids is 3. The normalized spacial score (nSPS) is 18.2. The first kappa shape index (κ1) is 24.1. The molecule has 1 aromatic carbocycles. The van der Waals surface area contributed by atoms with Gasteiger partial charge in [0.1, 0.15) is 4.87 Å². The summed E-state index contributed by atoms with van der Waals surface area (Å²) < 4.78 is 0. The molecule has 1 amide bonds. The highest BCUT2D eigenvalue weighted by Crippen LogP contribution is 2.31. The lowest BCUT2D eigenvalue weighted by molar-refractivity contribution is -0.135. The molecular weight excluding hydrogens is 399 g/mol. The van der Waals surface area contributed by atoms with Crippen molar-refractivity contribution in [1.82, 2.24) is 10.2 Å². The van der Waals surface area contributed by atoms with Crippen molar-refractivity contribution in [2.45, 2.75) is 25.1 Å². The van der Waals surface area contributed by atoms with Crippen molar-refractivity contribution >= 4 is 41.5 Å². The van der Waals surface area contributed by atoms with Gasteiger partial charge in [-0.2, -0.15) is 0 Å². The fourth-order valence-corrected chi connectivity index (χ4v) is 3.11. The molecule has 5 nitrogen and oxygen atoms in total. The van der Waals surface area contributed by atoms with Crippen molar-refractivity contribution in [3.05, 3.63) is 59.7 Å². The van der Waals surface area contributed by atoms with Gasteiger partial charge >= 0.3 is 0 Å². The summed E-state index contributed by atoms with van der Waals surface area (Å²) in [5.41, 5.74) is 0.766. The van der Waals surface area contributed by atoms with Crippen LogP contribution in [0.2, 0.25) is 0 Å². The van der Waals surface area contributed by atoms with Crippen LogP contribution in [0.4, 0.5) is 0 Å². The van der Waals surface area contributed by atoms with Crippen molar-refractivity contribution in [3.8, 4) is 0 Å². The number of halogens is 2. The van der Waals surface area contributed by atoms with Gasteiger partial charge in [-0.25, -0.2) is 0 Å². The molecule has 0 saturated carbocycles. The number of rotatable bonds is 9. The molecule has 1 aromatic rings. The Bertz CT molecular complexity index is 758. The van der Waals surface area contributed by atoms with E-state index in [1.54, 1.807) is 30.3 Å². The second-order valence-corrected chi connectivity index (χ2v) is 7.04. The van der Waals surface area contributed by atoms with Gasteiger partial charge in [0.05, 0.1) is 0 Å². The van der Waals surface area contributed by atoms with Crippen LogP contribution in [0.5, 0.6) is 0 Å². The highest BCUT2D eigenvalue weighted by Gasteiger charge is 2.36. The number of likely N-dealkylation sites (N-methyl/N-ethyl adjacent to an activating group) is 1. The van der Waals surface area contributed by atoms with Gasteiger partial charge in [-0.05, 0) is 19.5 Å². The van der Waals surface area contributed by atoms with E-state index in [1.165, 1.54) is 12.2 Å². The third kappa shape index (κ3) is 6.03. The topological polar surface area (TPSA) is 66.5 Å². The smallest absolute Gasteiger partial charge is 0.292 e. The molecule has 7 heteroatoms. The Morgan fingerprint density at radius 2 is 1.79 bits per heavy atom. The van der Waals surface area contributed by atoms with E-state index in [9.17, 15) is 14.4 Å². The number of benzene rings is 1. The number of Topliss-reactive ketones (excluding diaryl/α,β-unsaturated/α-hetero) is 2. The average molecular weight is 425 g/mol. The van der Waals surface area contributed by atoms with Crippen LogP contribution < -0.4 is 5.32 Å². The van der Waals surface area contributed by atoms with Crippen LogP contribution in [0.1, 0.15) is 30.6 Å². The Morgan fingerprint density at radius 3 is 2.32 bits per heavy atom. The Hall–Kier alpha value is -1.95. The summed E-state index contributed by atoms with van der Waals surface area (Å²) in [4.78, 5) is 37.9. The summed E-state index contributed by atoms with van der Waals surface area (Å²) >= 11 is 6.46. The molecule has 0 bridgehead atoms. The summed E-state index contributed by atoms with van der Waals surface area (Å²) in [6.45, 7) is 6.97. The highest BCUT2D eigenvalue weighted by molar-refractivity contribution is 6.44. The summed E-state index contributed by atoms with van der Waals surface area (Å²) in [7, 11) is 0. The molecule has 0 spiro atoms. The van der Waals surface area contributed by atoms with Crippen LogP contribution in [0.3, 0.4) is 0 Å². The van der Waals surface area contributed by atoms with Gasteiger partial charge in [-0.15, -0.1) is 24.0 Å². The molecule has 0 aliphatic heterocycles. The molecule has 1 N–H and O–H groups in total. The van der Waals surface area contributed by atoms with Crippen molar-refractivity contribution < 1.29 is 14.4 Å². The standard InChI is InChI=1S/C21H25ClN2O3.ClH/c1-3-24(4-2)15-14-23-20(27)18(25)16-10-12-21(22,13-11-16)19(26)17-8-6-5-7-9-17;/h5-12H,3-4,13-15H2,1-2H3,(H,23,27);1H. The molecule has 152 valence electrons. The quantitative estimate of drug-likeness (QED) is 0.375. The third-order valence-corrected chi connectivity index (χ3v) is 5.09. The maximum absolute atomic E-state index is 12.6. The second kappa shape index (κ2) is 11.1. The SMILES string of the molecule is CCN(CC)CCNC(=O)C(=O)C1=CCC(Cl)(C(=O)c2ccccc2)C=C1.Cl. The molecular formula is C21H26Cl2N2O3. The van der Waals surface area contributed by atoms with Crippen molar-refractivity contribution in [3.63, 3.8) is 0 Å². The minimum atomic E-state index is -1.23. The molecule has 0 saturated heterocycles.